The lowest BCUT2D eigenvalue weighted by Gasteiger charge is -2.42. The van der Waals surface area contributed by atoms with Crippen LogP contribution in [0.2, 0.25) is 0 Å². The van der Waals surface area contributed by atoms with E-state index in [2.05, 4.69) is 58.3 Å². The molecule has 2 amide bonds. The maximum Gasteiger partial charge on any atom is 0.245 e. The fourth-order valence-electron chi connectivity index (χ4n) is 6.20. The van der Waals surface area contributed by atoms with Crippen LogP contribution in [0.25, 0.3) is 0 Å². The van der Waals surface area contributed by atoms with Crippen LogP contribution in [-0.4, -0.2) is 59.9 Å². The van der Waals surface area contributed by atoms with Crippen molar-refractivity contribution in [1.82, 2.24) is 9.80 Å². The van der Waals surface area contributed by atoms with Crippen LogP contribution in [0.15, 0.2) is 117 Å². The molecule has 4 aromatic rings. The standard InChI is InChI=1S/C34H32N4O2S2/c1-23(37-25-11-3-7-15-29(25)41-30-16-8-4-12-26(30)37)33(39)35-19-21-36(22-20-35)34(40)24(2)38-27-13-5-9-17-31(27)42-32-18-10-6-14-28(32)38/h3-18,23-24H,19-22H2,1-2H3. The van der Waals surface area contributed by atoms with Crippen molar-refractivity contribution >= 4 is 58.1 Å². The van der Waals surface area contributed by atoms with Crippen LogP contribution in [0.3, 0.4) is 0 Å². The topological polar surface area (TPSA) is 47.1 Å². The molecule has 3 aliphatic heterocycles. The van der Waals surface area contributed by atoms with E-state index in [1.54, 1.807) is 23.5 Å². The van der Waals surface area contributed by atoms with E-state index in [0.29, 0.717) is 26.2 Å². The van der Waals surface area contributed by atoms with Crippen LogP contribution in [0, 0.1) is 0 Å². The van der Waals surface area contributed by atoms with Crippen molar-refractivity contribution in [3.8, 4) is 0 Å². The maximum atomic E-state index is 13.9. The first kappa shape index (κ1) is 27.0. The van der Waals surface area contributed by atoms with E-state index in [1.807, 2.05) is 72.2 Å². The molecular weight excluding hydrogens is 561 g/mol. The molecule has 0 N–H and O–H groups in total. The van der Waals surface area contributed by atoms with Gasteiger partial charge in [0.05, 0.1) is 22.7 Å². The number of carbonyl (C=O) groups excluding carboxylic acids is 2. The van der Waals surface area contributed by atoms with E-state index >= 15 is 0 Å². The van der Waals surface area contributed by atoms with Gasteiger partial charge in [-0.25, -0.2) is 0 Å². The lowest BCUT2D eigenvalue weighted by Crippen LogP contribution is -2.57. The van der Waals surface area contributed by atoms with Gasteiger partial charge in [0.15, 0.2) is 0 Å². The van der Waals surface area contributed by atoms with Gasteiger partial charge < -0.3 is 19.6 Å². The molecule has 3 heterocycles. The summed E-state index contributed by atoms with van der Waals surface area (Å²) in [5.74, 6) is 0.171. The average molecular weight is 593 g/mol. The van der Waals surface area contributed by atoms with Crippen molar-refractivity contribution in [2.24, 2.45) is 0 Å². The van der Waals surface area contributed by atoms with Crippen molar-refractivity contribution in [2.45, 2.75) is 45.5 Å². The number of fused-ring (bicyclic) bond motifs is 4. The lowest BCUT2D eigenvalue weighted by molar-refractivity contribution is -0.140. The highest BCUT2D eigenvalue weighted by Gasteiger charge is 2.37. The largest absolute Gasteiger partial charge is 0.337 e. The lowest BCUT2D eigenvalue weighted by atomic mass is 10.1. The van der Waals surface area contributed by atoms with Crippen LogP contribution in [0.4, 0.5) is 22.7 Å². The third-order valence-corrected chi connectivity index (χ3v) is 10.6. The Morgan fingerprint density at radius 2 is 0.762 bits per heavy atom. The monoisotopic (exact) mass is 592 g/mol. The number of carbonyl (C=O) groups is 2. The zero-order valence-electron chi connectivity index (χ0n) is 23.6. The van der Waals surface area contributed by atoms with Crippen molar-refractivity contribution in [1.29, 1.82) is 0 Å². The Balaban J connectivity index is 1.07. The third kappa shape index (κ3) is 4.63. The quantitative estimate of drug-likeness (QED) is 0.253. The number of hydrogen-bond donors (Lipinski definition) is 0. The number of para-hydroxylation sites is 4. The molecule has 1 saturated heterocycles. The van der Waals surface area contributed by atoms with Gasteiger partial charge >= 0.3 is 0 Å². The summed E-state index contributed by atoms with van der Waals surface area (Å²) < 4.78 is 0. The second kappa shape index (κ2) is 11.1. The Hall–Kier alpha value is -3.88. The van der Waals surface area contributed by atoms with Gasteiger partial charge in [-0.1, -0.05) is 72.1 Å². The SMILES string of the molecule is CC(C(=O)N1CCN(C(=O)C(C)N2c3ccccc3Sc3ccccc32)CC1)N1c2ccccc2Sc2ccccc21. The number of benzene rings is 4. The van der Waals surface area contributed by atoms with Gasteiger partial charge in [0.2, 0.25) is 11.8 Å². The Kier molecular flexibility index (Phi) is 7.12. The summed E-state index contributed by atoms with van der Waals surface area (Å²) in [4.78, 5) is 40.6. The predicted octanol–water partition coefficient (Wildman–Crippen LogP) is 7.04. The van der Waals surface area contributed by atoms with Crippen molar-refractivity contribution < 1.29 is 9.59 Å². The Morgan fingerprint density at radius 3 is 1.05 bits per heavy atom. The van der Waals surface area contributed by atoms with Gasteiger partial charge in [-0.2, -0.15) is 0 Å². The molecule has 0 aromatic heterocycles. The molecule has 0 radical (unpaired) electrons. The summed E-state index contributed by atoms with van der Waals surface area (Å²) >= 11 is 3.49. The van der Waals surface area contributed by atoms with Crippen LogP contribution in [0.1, 0.15) is 13.8 Å². The highest BCUT2D eigenvalue weighted by molar-refractivity contribution is 8.00. The molecule has 2 atom stereocenters. The maximum absolute atomic E-state index is 13.9. The van der Waals surface area contributed by atoms with E-state index < -0.39 is 0 Å². The van der Waals surface area contributed by atoms with Crippen LogP contribution >= 0.6 is 23.5 Å². The number of anilines is 4. The molecule has 7 rings (SSSR count). The number of rotatable bonds is 4. The van der Waals surface area contributed by atoms with E-state index in [1.165, 1.54) is 0 Å². The first-order valence-corrected chi connectivity index (χ1v) is 16.0. The molecule has 3 aliphatic rings. The normalized spacial score (nSPS) is 17.0. The number of hydrogen-bond acceptors (Lipinski definition) is 6. The first-order valence-electron chi connectivity index (χ1n) is 14.4. The second-order valence-electron chi connectivity index (χ2n) is 10.8. The number of piperazine rings is 1. The van der Waals surface area contributed by atoms with Gasteiger partial charge in [0.25, 0.3) is 0 Å². The molecule has 42 heavy (non-hydrogen) atoms. The van der Waals surface area contributed by atoms with E-state index in [0.717, 1.165) is 42.3 Å². The summed E-state index contributed by atoms with van der Waals surface area (Å²) in [7, 11) is 0. The van der Waals surface area contributed by atoms with Gasteiger partial charge in [0, 0.05) is 45.8 Å². The van der Waals surface area contributed by atoms with Gasteiger partial charge in [0.1, 0.15) is 12.1 Å². The Bertz CT molecular complexity index is 1450. The molecule has 4 aromatic carbocycles. The zero-order chi connectivity index (χ0) is 28.8. The smallest absolute Gasteiger partial charge is 0.245 e. The minimum Gasteiger partial charge on any atom is -0.337 e. The Labute approximate surface area is 255 Å². The van der Waals surface area contributed by atoms with Crippen molar-refractivity contribution in [2.75, 3.05) is 36.0 Å². The molecule has 6 nitrogen and oxygen atoms in total. The van der Waals surface area contributed by atoms with Crippen LogP contribution < -0.4 is 9.80 Å². The Morgan fingerprint density at radius 1 is 0.500 bits per heavy atom. The van der Waals surface area contributed by atoms with Gasteiger partial charge in [-0.15, -0.1) is 0 Å². The third-order valence-electron chi connectivity index (χ3n) is 8.33. The van der Waals surface area contributed by atoms with Crippen molar-refractivity contribution in [3.63, 3.8) is 0 Å². The molecule has 0 saturated carbocycles. The molecule has 0 bridgehead atoms. The van der Waals surface area contributed by atoms with Crippen LogP contribution in [-0.2, 0) is 9.59 Å². The first-order chi connectivity index (χ1) is 20.5. The zero-order valence-corrected chi connectivity index (χ0v) is 25.3. The highest BCUT2D eigenvalue weighted by Crippen LogP contribution is 2.50. The summed E-state index contributed by atoms with van der Waals surface area (Å²) in [5, 5.41) is 0. The summed E-state index contributed by atoms with van der Waals surface area (Å²) in [6, 6.07) is 32.4. The van der Waals surface area contributed by atoms with E-state index in [4.69, 9.17) is 0 Å². The number of nitrogens with zero attached hydrogens (tertiary/aromatic N) is 4. The predicted molar refractivity (Wildman–Crippen MR) is 170 cm³/mol. The molecule has 2 unspecified atom stereocenters. The van der Waals surface area contributed by atoms with E-state index in [9.17, 15) is 9.59 Å². The van der Waals surface area contributed by atoms with Gasteiger partial charge in [-0.3, -0.25) is 9.59 Å². The molecule has 0 spiro atoms. The highest BCUT2D eigenvalue weighted by atomic mass is 32.2. The summed E-state index contributed by atoms with van der Waals surface area (Å²) in [5.41, 5.74) is 4.24. The van der Waals surface area contributed by atoms with E-state index in [-0.39, 0.29) is 23.9 Å². The molecule has 1 fully saturated rings. The average Bonchev–Trinajstić information content (AvgIpc) is 3.04. The second-order valence-corrected chi connectivity index (χ2v) is 13.0. The van der Waals surface area contributed by atoms with Gasteiger partial charge in [-0.05, 0) is 62.4 Å². The van der Waals surface area contributed by atoms with Crippen LogP contribution in [0.5, 0.6) is 0 Å². The number of amides is 2. The molecular formula is C34H32N4O2S2. The summed E-state index contributed by atoms with van der Waals surface area (Å²) in [6.45, 7) is 6.09. The molecule has 0 aliphatic carbocycles. The van der Waals surface area contributed by atoms with Crippen molar-refractivity contribution in [3.05, 3.63) is 97.1 Å². The summed E-state index contributed by atoms with van der Waals surface area (Å²) in [6.07, 6.45) is 0. The minimum atomic E-state index is -0.367. The molecule has 8 heteroatoms. The fourth-order valence-corrected chi connectivity index (χ4v) is 8.34. The minimum absolute atomic E-state index is 0.0857. The molecule has 212 valence electrons. The fraction of sp³-hybridized carbons (Fsp3) is 0.235.